The summed E-state index contributed by atoms with van der Waals surface area (Å²) in [5, 5.41) is 14.9. The van der Waals surface area contributed by atoms with E-state index in [1.54, 1.807) is 13.0 Å². The first-order valence-electron chi connectivity index (χ1n) is 7.36. The number of aryl methyl sites for hydroxylation is 2. The van der Waals surface area contributed by atoms with Crippen molar-refractivity contribution >= 4 is 23.4 Å². The van der Waals surface area contributed by atoms with Gasteiger partial charge in [-0.15, -0.1) is 10.2 Å². The Balaban J connectivity index is 1.47. The van der Waals surface area contributed by atoms with E-state index in [4.69, 9.17) is 8.94 Å². The summed E-state index contributed by atoms with van der Waals surface area (Å²) in [6.07, 6.45) is 0.347. The number of nitrogens with one attached hydrogen (secondary N) is 1. The molecule has 0 aliphatic rings. The number of amides is 1. The fraction of sp³-hybridized carbons (Fsp3) is 0.250. The zero-order valence-electron chi connectivity index (χ0n) is 13.3. The van der Waals surface area contributed by atoms with Gasteiger partial charge in [-0.1, -0.05) is 34.6 Å². The third kappa shape index (κ3) is 4.23. The molecule has 0 fully saturated rings. The minimum absolute atomic E-state index is 0.0572. The lowest BCUT2D eigenvalue weighted by molar-refractivity contribution is -0.115. The molecule has 7 nitrogen and oxygen atoms in total. The third-order valence-corrected chi connectivity index (χ3v) is 3.96. The first-order valence-corrected chi connectivity index (χ1v) is 8.35. The highest BCUT2D eigenvalue weighted by molar-refractivity contribution is 7.99. The Labute approximate surface area is 142 Å². The molecular weight excluding hydrogens is 328 g/mol. The number of thioether (sulfide) groups is 1. The van der Waals surface area contributed by atoms with Crippen LogP contribution in [0.2, 0.25) is 0 Å². The van der Waals surface area contributed by atoms with E-state index < -0.39 is 0 Å². The maximum atomic E-state index is 11.9. The van der Waals surface area contributed by atoms with Crippen molar-refractivity contribution in [2.45, 2.75) is 25.5 Å². The molecule has 2 heterocycles. The average Bonchev–Trinajstić information content (AvgIpc) is 3.18. The number of carbonyl (C=O) groups excluding carboxylic acids is 1. The predicted octanol–water partition coefficient (Wildman–Crippen LogP) is 3.46. The second kappa shape index (κ2) is 7.31. The molecule has 8 heteroatoms. The van der Waals surface area contributed by atoms with Crippen molar-refractivity contribution in [2.24, 2.45) is 0 Å². The smallest absolute Gasteiger partial charge is 0.276 e. The van der Waals surface area contributed by atoms with Crippen molar-refractivity contribution in [3.63, 3.8) is 0 Å². The number of nitrogens with zero attached hydrogens (tertiary/aromatic N) is 3. The van der Waals surface area contributed by atoms with Gasteiger partial charge in [0.1, 0.15) is 5.76 Å². The van der Waals surface area contributed by atoms with Gasteiger partial charge in [0.15, 0.2) is 5.69 Å². The van der Waals surface area contributed by atoms with Gasteiger partial charge in [-0.3, -0.25) is 4.79 Å². The van der Waals surface area contributed by atoms with Crippen LogP contribution in [0, 0.1) is 13.8 Å². The summed E-state index contributed by atoms with van der Waals surface area (Å²) in [5.41, 5.74) is 2.44. The summed E-state index contributed by atoms with van der Waals surface area (Å²) in [6.45, 7) is 3.79. The molecule has 124 valence electrons. The standard InChI is InChI=1S/C16H16N4O3S/c1-10-3-5-12(6-4-10)17-14(21)7-8-24-16-19-18-15(22-16)13-9-11(2)23-20-13/h3-6,9H,7-8H2,1-2H3,(H,17,21). The van der Waals surface area contributed by atoms with E-state index in [9.17, 15) is 4.79 Å². The molecule has 2 aromatic heterocycles. The van der Waals surface area contributed by atoms with Crippen molar-refractivity contribution in [2.75, 3.05) is 11.1 Å². The van der Waals surface area contributed by atoms with Crippen molar-refractivity contribution < 1.29 is 13.7 Å². The molecule has 0 atom stereocenters. The topological polar surface area (TPSA) is 94.1 Å². The Hall–Kier alpha value is -2.61. The minimum atomic E-state index is -0.0572. The molecule has 0 saturated heterocycles. The second-order valence-electron chi connectivity index (χ2n) is 5.21. The zero-order chi connectivity index (χ0) is 16.9. The first kappa shape index (κ1) is 16.3. The van der Waals surface area contributed by atoms with Crippen molar-refractivity contribution in [3.8, 4) is 11.6 Å². The molecule has 0 bridgehead atoms. The van der Waals surface area contributed by atoms with Gasteiger partial charge in [0.2, 0.25) is 5.91 Å². The van der Waals surface area contributed by atoms with Crippen LogP contribution in [-0.4, -0.2) is 27.0 Å². The first-order chi connectivity index (χ1) is 11.6. The molecular formula is C16H16N4O3S. The molecule has 0 aliphatic carbocycles. The SMILES string of the molecule is Cc1ccc(NC(=O)CCSc2nnc(-c3cc(C)on3)o2)cc1. The van der Waals surface area contributed by atoms with Crippen LogP contribution in [0.25, 0.3) is 11.6 Å². The van der Waals surface area contributed by atoms with E-state index in [1.807, 2.05) is 31.2 Å². The minimum Gasteiger partial charge on any atom is -0.409 e. The van der Waals surface area contributed by atoms with Crippen LogP contribution in [0.15, 0.2) is 44.5 Å². The van der Waals surface area contributed by atoms with Crippen LogP contribution < -0.4 is 5.32 Å². The summed E-state index contributed by atoms with van der Waals surface area (Å²) in [6, 6.07) is 9.39. The normalized spacial score (nSPS) is 10.8. The maximum absolute atomic E-state index is 11.9. The van der Waals surface area contributed by atoms with E-state index in [1.165, 1.54) is 11.8 Å². The summed E-state index contributed by atoms with van der Waals surface area (Å²) in [7, 11) is 0. The number of hydrogen-bond acceptors (Lipinski definition) is 7. The number of carbonyl (C=O) groups is 1. The van der Waals surface area contributed by atoms with Gasteiger partial charge in [-0.2, -0.15) is 0 Å². The van der Waals surface area contributed by atoms with E-state index in [0.717, 1.165) is 11.3 Å². The predicted molar refractivity (Wildman–Crippen MR) is 89.7 cm³/mol. The molecule has 0 radical (unpaired) electrons. The molecule has 0 aliphatic heterocycles. The summed E-state index contributed by atoms with van der Waals surface area (Å²) in [5.74, 6) is 1.46. The highest BCUT2D eigenvalue weighted by Gasteiger charge is 2.13. The highest BCUT2D eigenvalue weighted by Crippen LogP contribution is 2.23. The number of rotatable bonds is 6. The Morgan fingerprint density at radius 2 is 2.00 bits per heavy atom. The molecule has 1 amide bonds. The fourth-order valence-electron chi connectivity index (χ4n) is 1.93. The van der Waals surface area contributed by atoms with Crippen molar-refractivity contribution in [1.82, 2.24) is 15.4 Å². The van der Waals surface area contributed by atoms with Crippen molar-refractivity contribution in [1.29, 1.82) is 0 Å². The Morgan fingerprint density at radius 3 is 2.71 bits per heavy atom. The second-order valence-corrected chi connectivity index (χ2v) is 6.25. The van der Waals surface area contributed by atoms with Crippen LogP contribution in [0.4, 0.5) is 5.69 Å². The van der Waals surface area contributed by atoms with Gasteiger partial charge < -0.3 is 14.3 Å². The lowest BCUT2D eigenvalue weighted by Crippen LogP contribution is -2.12. The van der Waals surface area contributed by atoms with E-state index >= 15 is 0 Å². The molecule has 0 saturated carbocycles. The summed E-state index contributed by atoms with van der Waals surface area (Å²) >= 11 is 1.32. The maximum Gasteiger partial charge on any atom is 0.276 e. The van der Waals surface area contributed by atoms with Gasteiger partial charge >= 0.3 is 0 Å². The number of anilines is 1. The molecule has 1 aromatic carbocycles. The van der Waals surface area contributed by atoms with Crippen LogP contribution in [0.5, 0.6) is 0 Å². The van der Waals surface area contributed by atoms with E-state index in [2.05, 4.69) is 20.7 Å². The largest absolute Gasteiger partial charge is 0.409 e. The lowest BCUT2D eigenvalue weighted by Gasteiger charge is -2.04. The van der Waals surface area contributed by atoms with Gasteiger partial charge in [0.05, 0.1) is 0 Å². The lowest BCUT2D eigenvalue weighted by atomic mass is 10.2. The summed E-state index contributed by atoms with van der Waals surface area (Å²) in [4.78, 5) is 11.9. The van der Waals surface area contributed by atoms with Crippen molar-refractivity contribution in [3.05, 3.63) is 41.7 Å². The monoisotopic (exact) mass is 344 g/mol. The molecule has 0 unspecified atom stereocenters. The molecule has 3 aromatic rings. The third-order valence-electron chi connectivity index (χ3n) is 3.14. The number of benzene rings is 1. The fourth-order valence-corrected chi connectivity index (χ4v) is 2.63. The number of aromatic nitrogens is 3. The molecule has 3 rings (SSSR count). The molecule has 24 heavy (non-hydrogen) atoms. The van der Waals surface area contributed by atoms with Crippen LogP contribution in [-0.2, 0) is 4.79 Å². The number of hydrogen-bond donors (Lipinski definition) is 1. The van der Waals surface area contributed by atoms with E-state index in [0.29, 0.717) is 34.7 Å². The van der Waals surface area contributed by atoms with Crippen LogP contribution >= 0.6 is 11.8 Å². The molecule has 1 N–H and O–H groups in total. The van der Waals surface area contributed by atoms with Gasteiger partial charge in [-0.05, 0) is 26.0 Å². The quantitative estimate of drug-likeness (QED) is 0.684. The van der Waals surface area contributed by atoms with Gasteiger partial charge in [0.25, 0.3) is 11.1 Å². The van der Waals surface area contributed by atoms with Crippen LogP contribution in [0.3, 0.4) is 0 Å². The zero-order valence-corrected chi connectivity index (χ0v) is 14.1. The Kier molecular flexibility index (Phi) is 4.95. The Bertz CT molecular complexity index is 826. The Morgan fingerprint density at radius 1 is 1.21 bits per heavy atom. The molecule has 0 spiro atoms. The summed E-state index contributed by atoms with van der Waals surface area (Å²) < 4.78 is 10.5. The van der Waals surface area contributed by atoms with Gasteiger partial charge in [-0.25, -0.2) is 0 Å². The average molecular weight is 344 g/mol. The van der Waals surface area contributed by atoms with Crippen LogP contribution in [0.1, 0.15) is 17.7 Å². The highest BCUT2D eigenvalue weighted by atomic mass is 32.2. The van der Waals surface area contributed by atoms with Gasteiger partial charge in [0, 0.05) is 23.9 Å². The van der Waals surface area contributed by atoms with E-state index in [-0.39, 0.29) is 5.91 Å².